The molecule has 0 fully saturated rings. The number of hydrogen-bond donors (Lipinski definition) is 1. The lowest BCUT2D eigenvalue weighted by atomic mass is 10.1. The summed E-state index contributed by atoms with van der Waals surface area (Å²) < 4.78 is 52.0. The predicted octanol–water partition coefficient (Wildman–Crippen LogP) is 5.14. The first-order chi connectivity index (χ1) is 10.4. The smallest absolute Gasteiger partial charge is 0.355 e. The summed E-state index contributed by atoms with van der Waals surface area (Å²) in [4.78, 5) is 3.84. The van der Waals surface area contributed by atoms with E-state index in [1.807, 2.05) is 0 Å². The van der Waals surface area contributed by atoms with E-state index in [0.29, 0.717) is 16.8 Å². The van der Waals surface area contributed by atoms with E-state index in [9.17, 15) is 17.6 Å². The van der Waals surface area contributed by atoms with Gasteiger partial charge in [0.05, 0.1) is 11.1 Å². The Balaban J connectivity index is 2.09. The lowest BCUT2D eigenvalue weighted by molar-refractivity contribution is -0.136. The number of benzene rings is 2. The molecule has 3 aromatic rings. The maximum absolute atomic E-state index is 13.0. The summed E-state index contributed by atoms with van der Waals surface area (Å²) in [5.74, 6) is -0.385. The molecule has 0 aliphatic rings. The monoisotopic (exact) mass is 306 g/mol. The van der Waals surface area contributed by atoms with Crippen LogP contribution in [0.1, 0.15) is 5.56 Å². The molecule has 1 N–H and O–H groups in total. The molecule has 2 aromatic carbocycles. The molecule has 0 bridgehead atoms. The summed E-state index contributed by atoms with van der Waals surface area (Å²) in [7, 11) is 0. The number of aromatic nitrogens is 1. The van der Waals surface area contributed by atoms with Crippen LogP contribution < -0.4 is 5.32 Å². The van der Waals surface area contributed by atoms with E-state index in [-0.39, 0.29) is 11.3 Å². The van der Waals surface area contributed by atoms with E-state index < -0.39 is 11.7 Å². The molecule has 0 amide bonds. The molecule has 0 aliphatic heterocycles. The van der Waals surface area contributed by atoms with Crippen LogP contribution in [0.25, 0.3) is 10.9 Å². The summed E-state index contributed by atoms with van der Waals surface area (Å²) in [6, 6.07) is 11.0. The standard InChI is InChI=1S/C16H10F4N2/c17-10-4-6-11(7-5-10)22-14-8-9-21-15-12(14)2-1-3-13(15)16(18,19)20/h1-9H,(H,21,22). The van der Waals surface area contributed by atoms with Crippen LogP contribution in [0.2, 0.25) is 0 Å². The van der Waals surface area contributed by atoms with Crippen molar-refractivity contribution in [2.45, 2.75) is 6.18 Å². The van der Waals surface area contributed by atoms with Crippen LogP contribution in [0.5, 0.6) is 0 Å². The minimum absolute atomic E-state index is 0.123. The second kappa shape index (κ2) is 5.29. The molecule has 0 saturated carbocycles. The molecular formula is C16H10F4N2. The molecule has 112 valence electrons. The van der Waals surface area contributed by atoms with Gasteiger partial charge in [0.1, 0.15) is 5.82 Å². The Bertz CT molecular complexity index is 810. The van der Waals surface area contributed by atoms with Gasteiger partial charge >= 0.3 is 6.18 Å². The average molecular weight is 306 g/mol. The first kappa shape index (κ1) is 14.3. The first-order valence-electron chi connectivity index (χ1n) is 6.43. The number of halogens is 4. The Hall–Kier alpha value is -2.63. The number of nitrogens with one attached hydrogen (secondary N) is 1. The minimum atomic E-state index is -4.47. The minimum Gasteiger partial charge on any atom is -0.355 e. The van der Waals surface area contributed by atoms with Crippen molar-refractivity contribution in [1.29, 1.82) is 0 Å². The molecule has 0 atom stereocenters. The van der Waals surface area contributed by atoms with Crippen molar-refractivity contribution >= 4 is 22.3 Å². The largest absolute Gasteiger partial charge is 0.418 e. The van der Waals surface area contributed by atoms with Crippen LogP contribution in [0.15, 0.2) is 54.7 Å². The van der Waals surface area contributed by atoms with Crippen LogP contribution in [0.4, 0.5) is 28.9 Å². The number of hydrogen-bond acceptors (Lipinski definition) is 2. The van der Waals surface area contributed by atoms with Crippen molar-refractivity contribution < 1.29 is 17.6 Å². The zero-order chi connectivity index (χ0) is 15.7. The summed E-state index contributed by atoms with van der Waals surface area (Å²) in [5.41, 5.74) is 0.142. The Morgan fingerprint density at radius 3 is 2.32 bits per heavy atom. The highest BCUT2D eigenvalue weighted by molar-refractivity contribution is 5.94. The van der Waals surface area contributed by atoms with Gasteiger partial charge in [-0.05, 0) is 36.4 Å². The molecule has 1 aromatic heterocycles. The molecule has 1 heterocycles. The maximum Gasteiger partial charge on any atom is 0.418 e. The Kier molecular flexibility index (Phi) is 3.44. The van der Waals surface area contributed by atoms with Gasteiger partial charge in [-0.15, -0.1) is 0 Å². The van der Waals surface area contributed by atoms with Gasteiger partial charge < -0.3 is 5.32 Å². The van der Waals surface area contributed by atoms with Crippen LogP contribution in [0.3, 0.4) is 0 Å². The highest BCUT2D eigenvalue weighted by Crippen LogP contribution is 2.36. The fourth-order valence-electron chi connectivity index (χ4n) is 2.20. The van der Waals surface area contributed by atoms with Gasteiger partial charge in [0.25, 0.3) is 0 Å². The number of rotatable bonds is 2. The van der Waals surface area contributed by atoms with E-state index in [1.165, 1.54) is 36.5 Å². The summed E-state index contributed by atoms with van der Waals surface area (Å²) in [6.45, 7) is 0. The Morgan fingerprint density at radius 2 is 1.64 bits per heavy atom. The molecule has 2 nitrogen and oxygen atoms in total. The number of para-hydroxylation sites is 1. The first-order valence-corrected chi connectivity index (χ1v) is 6.43. The summed E-state index contributed by atoms with van der Waals surface area (Å²) in [5, 5.41) is 3.33. The van der Waals surface area contributed by atoms with Crippen LogP contribution >= 0.6 is 0 Å². The lowest BCUT2D eigenvalue weighted by Gasteiger charge is -2.13. The van der Waals surface area contributed by atoms with Crippen molar-refractivity contribution in [3.05, 3.63) is 66.1 Å². The van der Waals surface area contributed by atoms with Crippen LogP contribution in [-0.4, -0.2) is 4.98 Å². The number of nitrogens with zero attached hydrogens (tertiary/aromatic N) is 1. The fraction of sp³-hybridized carbons (Fsp3) is 0.0625. The maximum atomic E-state index is 13.0. The van der Waals surface area contributed by atoms with Gasteiger partial charge in [-0.2, -0.15) is 13.2 Å². The van der Waals surface area contributed by atoms with Gasteiger partial charge in [-0.1, -0.05) is 12.1 Å². The van der Waals surface area contributed by atoms with Gasteiger partial charge in [-0.25, -0.2) is 4.39 Å². The second-order valence-electron chi connectivity index (χ2n) is 4.69. The second-order valence-corrected chi connectivity index (χ2v) is 4.69. The molecule has 0 radical (unpaired) electrons. The molecule has 0 aliphatic carbocycles. The zero-order valence-corrected chi connectivity index (χ0v) is 11.2. The molecule has 0 unspecified atom stereocenters. The average Bonchev–Trinajstić information content (AvgIpc) is 2.48. The van der Waals surface area contributed by atoms with Crippen molar-refractivity contribution in [3.8, 4) is 0 Å². The molecular weight excluding hydrogens is 296 g/mol. The van der Waals surface area contributed by atoms with E-state index in [4.69, 9.17) is 0 Å². The highest BCUT2D eigenvalue weighted by atomic mass is 19.4. The van der Waals surface area contributed by atoms with E-state index >= 15 is 0 Å². The summed E-state index contributed by atoms with van der Waals surface area (Å²) >= 11 is 0. The lowest BCUT2D eigenvalue weighted by Crippen LogP contribution is -2.06. The third kappa shape index (κ3) is 2.72. The molecule has 0 saturated heterocycles. The third-order valence-corrected chi connectivity index (χ3v) is 3.20. The molecule has 0 spiro atoms. The number of alkyl halides is 3. The quantitative estimate of drug-likeness (QED) is 0.663. The fourth-order valence-corrected chi connectivity index (χ4v) is 2.20. The SMILES string of the molecule is Fc1ccc(Nc2ccnc3c(C(F)(F)F)cccc23)cc1. The van der Waals surface area contributed by atoms with E-state index in [2.05, 4.69) is 10.3 Å². The van der Waals surface area contributed by atoms with Gasteiger partial charge in [-0.3, -0.25) is 4.98 Å². The molecule has 22 heavy (non-hydrogen) atoms. The van der Waals surface area contributed by atoms with Crippen molar-refractivity contribution in [2.24, 2.45) is 0 Å². The van der Waals surface area contributed by atoms with Gasteiger partial charge in [0.2, 0.25) is 0 Å². The van der Waals surface area contributed by atoms with Crippen molar-refractivity contribution in [1.82, 2.24) is 4.98 Å². The van der Waals surface area contributed by atoms with Gasteiger partial charge in [0.15, 0.2) is 0 Å². The van der Waals surface area contributed by atoms with Crippen molar-refractivity contribution in [2.75, 3.05) is 5.32 Å². The Labute approximate surface area is 123 Å². The van der Waals surface area contributed by atoms with E-state index in [1.54, 1.807) is 12.1 Å². The normalized spacial score (nSPS) is 11.6. The Morgan fingerprint density at radius 1 is 0.909 bits per heavy atom. The predicted molar refractivity (Wildman–Crippen MR) is 76.4 cm³/mol. The number of fused-ring (bicyclic) bond motifs is 1. The summed E-state index contributed by atoms with van der Waals surface area (Å²) in [6.07, 6.45) is -3.16. The highest BCUT2D eigenvalue weighted by Gasteiger charge is 2.33. The number of pyridine rings is 1. The van der Waals surface area contributed by atoms with Crippen LogP contribution in [0, 0.1) is 5.82 Å². The van der Waals surface area contributed by atoms with Crippen LogP contribution in [-0.2, 0) is 6.18 Å². The topological polar surface area (TPSA) is 24.9 Å². The van der Waals surface area contributed by atoms with E-state index in [0.717, 1.165) is 6.07 Å². The number of anilines is 2. The molecule has 3 rings (SSSR count). The third-order valence-electron chi connectivity index (χ3n) is 3.20. The van der Waals surface area contributed by atoms with Crippen molar-refractivity contribution in [3.63, 3.8) is 0 Å². The van der Waals surface area contributed by atoms with Gasteiger partial charge in [0, 0.05) is 23.0 Å². The molecule has 6 heteroatoms. The zero-order valence-electron chi connectivity index (χ0n) is 11.2.